The summed E-state index contributed by atoms with van der Waals surface area (Å²) in [5.41, 5.74) is 1.13. The summed E-state index contributed by atoms with van der Waals surface area (Å²) in [6.07, 6.45) is 3.48. The number of carbonyl (C=O) groups is 5. The second kappa shape index (κ2) is 17.1. The number of para-hydroxylation sites is 1. The summed E-state index contributed by atoms with van der Waals surface area (Å²) in [5.74, 6) is -1.51. The molecule has 6 rings (SSSR count). The average Bonchev–Trinajstić information content (AvgIpc) is 3.60. The van der Waals surface area contributed by atoms with Crippen molar-refractivity contribution in [3.8, 4) is 5.75 Å². The van der Waals surface area contributed by atoms with E-state index >= 15 is 0 Å². The molecule has 0 radical (unpaired) electrons. The van der Waals surface area contributed by atoms with Crippen LogP contribution in [-0.2, 0) is 36.9 Å². The van der Waals surface area contributed by atoms with Crippen LogP contribution >= 0.6 is 0 Å². The van der Waals surface area contributed by atoms with E-state index < -0.39 is 41.9 Å². The monoisotopic (exact) mass is 701 g/mol. The molecule has 4 N–H and O–H groups in total. The minimum atomic E-state index is -1.04. The minimum absolute atomic E-state index is 0.0406. The molecule has 14 nitrogen and oxygen atoms in total. The van der Waals surface area contributed by atoms with Crippen molar-refractivity contribution in [2.75, 3.05) is 19.7 Å². The van der Waals surface area contributed by atoms with Crippen molar-refractivity contribution in [2.24, 2.45) is 5.92 Å². The van der Waals surface area contributed by atoms with Gasteiger partial charge in [0.15, 0.2) is 0 Å². The first-order valence-corrected chi connectivity index (χ1v) is 17.6. The van der Waals surface area contributed by atoms with Crippen LogP contribution in [0.1, 0.15) is 58.4 Å². The summed E-state index contributed by atoms with van der Waals surface area (Å²) in [7, 11) is 0. The zero-order valence-corrected chi connectivity index (χ0v) is 29.4. The van der Waals surface area contributed by atoms with Crippen LogP contribution < -0.4 is 31.6 Å². The summed E-state index contributed by atoms with van der Waals surface area (Å²) in [6.45, 7) is 6.49. The van der Waals surface area contributed by atoms with Gasteiger partial charge in [-0.1, -0.05) is 38.1 Å². The number of ether oxygens (including phenoxy) is 1. The molecule has 2 aromatic carbocycles. The highest BCUT2D eigenvalue weighted by Crippen LogP contribution is 2.21. The molecule has 1 fully saturated rings. The Hall–Kier alpha value is -5.27. The molecule has 14 heteroatoms. The number of amides is 5. The number of nitrogens with zero attached hydrogens (tertiary/aromatic N) is 3. The normalized spacial score (nSPS) is 22.2. The highest BCUT2D eigenvalue weighted by atomic mass is 16.5. The third-order valence-electron chi connectivity index (χ3n) is 9.13. The standard InChI is InChI=1S/C37H47N7O7/c1-23(2)20-30-37(50)44-18-6-10-31(44)35(48)38-16-19-51-26-14-12-25(13-15-26)21-29(34(47)40-24(3)33(46)42-30)41-32(45)11-7-17-43-22-39-28-9-5-4-8-27(28)36(43)49/h4-5,8-9,12-15,22-24,29-31H,6-7,10-11,16-21H2,1-3H3,(H,38,48)(H,40,47)(H,41,45)(H,42,46)/t24-,29+,30+,31-/m1/s1. The molecule has 1 aromatic heterocycles. The number of hydrogen-bond acceptors (Lipinski definition) is 8. The lowest BCUT2D eigenvalue weighted by atomic mass is 10.0. The van der Waals surface area contributed by atoms with Crippen LogP contribution in [0.3, 0.4) is 0 Å². The zero-order valence-electron chi connectivity index (χ0n) is 29.4. The Balaban J connectivity index is 1.30. The fourth-order valence-electron chi connectivity index (χ4n) is 6.44. The van der Waals surface area contributed by atoms with Crippen molar-refractivity contribution in [1.82, 2.24) is 35.7 Å². The molecule has 2 bridgehead atoms. The van der Waals surface area contributed by atoms with Crippen LogP contribution in [0.5, 0.6) is 5.75 Å². The molecule has 0 unspecified atom stereocenters. The van der Waals surface area contributed by atoms with Gasteiger partial charge in [-0.2, -0.15) is 0 Å². The second-order valence-electron chi connectivity index (χ2n) is 13.6. The number of aryl methyl sites for hydroxylation is 1. The van der Waals surface area contributed by atoms with Crippen LogP contribution in [0.4, 0.5) is 0 Å². The van der Waals surface area contributed by atoms with Gasteiger partial charge in [0.05, 0.1) is 23.8 Å². The molecular weight excluding hydrogens is 654 g/mol. The molecule has 3 aromatic rings. The zero-order chi connectivity index (χ0) is 36.5. The number of fused-ring (bicyclic) bond motifs is 15. The Morgan fingerprint density at radius 2 is 1.76 bits per heavy atom. The van der Waals surface area contributed by atoms with E-state index in [9.17, 15) is 28.8 Å². The van der Waals surface area contributed by atoms with E-state index in [0.29, 0.717) is 48.9 Å². The third kappa shape index (κ3) is 9.71. The molecule has 3 aliphatic heterocycles. The molecule has 51 heavy (non-hydrogen) atoms. The number of carbonyl (C=O) groups excluding carboxylic acids is 5. The van der Waals surface area contributed by atoms with Crippen LogP contribution in [0.25, 0.3) is 10.9 Å². The maximum Gasteiger partial charge on any atom is 0.261 e. The molecule has 5 amide bonds. The molecule has 4 heterocycles. The Kier molecular flexibility index (Phi) is 12.4. The third-order valence-corrected chi connectivity index (χ3v) is 9.13. The fourth-order valence-corrected chi connectivity index (χ4v) is 6.44. The van der Waals surface area contributed by atoms with Crippen LogP contribution in [-0.4, -0.2) is 87.9 Å². The summed E-state index contributed by atoms with van der Waals surface area (Å²) in [5, 5.41) is 11.7. The van der Waals surface area contributed by atoms with E-state index in [1.165, 1.54) is 22.7 Å². The number of rotatable bonds is 7. The number of aromatic nitrogens is 2. The first kappa shape index (κ1) is 37.0. The second-order valence-corrected chi connectivity index (χ2v) is 13.6. The summed E-state index contributed by atoms with van der Waals surface area (Å²) >= 11 is 0. The van der Waals surface area contributed by atoms with Crippen molar-refractivity contribution in [3.05, 3.63) is 70.8 Å². The minimum Gasteiger partial charge on any atom is -0.492 e. The van der Waals surface area contributed by atoms with Gasteiger partial charge in [0.2, 0.25) is 29.5 Å². The first-order valence-electron chi connectivity index (χ1n) is 17.6. The quantitative estimate of drug-likeness (QED) is 0.286. The van der Waals surface area contributed by atoms with Gasteiger partial charge in [-0.3, -0.25) is 33.3 Å². The fraction of sp³-hybridized carbons (Fsp3) is 0.486. The molecule has 0 saturated carbocycles. The van der Waals surface area contributed by atoms with Gasteiger partial charge in [0, 0.05) is 25.9 Å². The van der Waals surface area contributed by atoms with Gasteiger partial charge in [-0.25, -0.2) is 4.98 Å². The van der Waals surface area contributed by atoms with E-state index in [4.69, 9.17) is 4.74 Å². The smallest absolute Gasteiger partial charge is 0.261 e. The highest BCUT2D eigenvalue weighted by molar-refractivity contribution is 5.95. The lowest BCUT2D eigenvalue weighted by molar-refractivity contribution is -0.142. The van der Waals surface area contributed by atoms with Crippen molar-refractivity contribution in [3.63, 3.8) is 0 Å². The lowest BCUT2D eigenvalue weighted by Crippen LogP contribution is -2.58. The maximum absolute atomic E-state index is 13.7. The Labute approximate surface area is 296 Å². The van der Waals surface area contributed by atoms with Crippen molar-refractivity contribution in [2.45, 2.75) is 90.0 Å². The van der Waals surface area contributed by atoms with Crippen LogP contribution in [0.2, 0.25) is 0 Å². The lowest BCUT2D eigenvalue weighted by Gasteiger charge is -2.30. The highest BCUT2D eigenvalue weighted by Gasteiger charge is 2.38. The molecule has 0 spiro atoms. The Morgan fingerprint density at radius 1 is 1.00 bits per heavy atom. The summed E-state index contributed by atoms with van der Waals surface area (Å²) < 4.78 is 7.27. The van der Waals surface area contributed by atoms with Crippen molar-refractivity contribution in [1.29, 1.82) is 0 Å². The maximum atomic E-state index is 13.7. The molecule has 272 valence electrons. The topological polar surface area (TPSA) is 181 Å². The number of nitrogens with one attached hydrogen (secondary N) is 4. The number of hydrogen-bond donors (Lipinski definition) is 4. The predicted octanol–water partition coefficient (Wildman–Crippen LogP) is 1.44. The van der Waals surface area contributed by atoms with Crippen LogP contribution in [0.15, 0.2) is 59.7 Å². The molecule has 3 aliphatic rings. The van der Waals surface area contributed by atoms with Gasteiger partial charge < -0.3 is 30.9 Å². The Bertz CT molecular complexity index is 1790. The van der Waals surface area contributed by atoms with E-state index in [0.717, 1.165) is 5.56 Å². The Morgan fingerprint density at radius 3 is 2.53 bits per heavy atom. The van der Waals surface area contributed by atoms with Crippen LogP contribution in [0, 0.1) is 5.92 Å². The van der Waals surface area contributed by atoms with E-state index in [-0.39, 0.29) is 55.8 Å². The molecule has 1 saturated heterocycles. The van der Waals surface area contributed by atoms with Gasteiger partial charge >= 0.3 is 0 Å². The SMILES string of the molecule is CC(C)C[C@@H]1NC(=O)[C@@H](C)NC(=O)[C@@H](NC(=O)CCCn2cnc3ccccc3c2=O)Cc2ccc(cc2)OCCNC(=O)[C@H]2CCCN2C1=O. The average molecular weight is 702 g/mol. The molecular formula is C37H47N7O7. The van der Waals surface area contributed by atoms with E-state index in [1.54, 1.807) is 42.5 Å². The van der Waals surface area contributed by atoms with E-state index in [1.807, 2.05) is 19.9 Å². The van der Waals surface area contributed by atoms with E-state index in [2.05, 4.69) is 26.3 Å². The van der Waals surface area contributed by atoms with Gasteiger partial charge in [0.25, 0.3) is 5.56 Å². The number of benzene rings is 2. The summed E-state index contributed by atoms with van der Waals surface area (Å²) in [4.78, 5) is 85.8. The largest absolute Gasteiger partial charge is 0.492 e. The van der Waals surface area contributed by atoms with Crippen molar-refractivity contribution >= 4 is 40.4 Å². The predicted molar refractivity (Wildman–Crippen MR) is 190 cm³/mol. The first-order chi connectivity index (χ1) is 24.5. The molecule has 0 aliphatic carbocycles. The van der Waals surface area contributed by atoms with Gasteiger partial charge in [-0.15, -0.1) is 0 Å². The summed E-state index contributed by atoms with van der Waals surface area (Å²) in [6, 6.07) is 10.5. The molecule has 4 atom stereocenters. The van der Waals surface area contributed by atoms with Gasteiger partial charge in [-0.05, 0) is 68.4 Å². The van der Waals surface area contributed by atoms with Crippen molar-refractivity contribution < 1.29 is 28.7 Å². The van der Waals surface area contributed by atoms with Gasteiger partial charge in [0.1, 0.15) is 36.5 Å².